The van der Waals surface area contributed by atoms with Crippen LogP contribution in [0.15, 0.2) is 35.6 Å². The van der Waals surface area contributed by atoms with Crippen molar-refractivity contribution in [2.45, 2.75) is 26.3 Å². The third-order valence-electron chi connectivity index (χ3n) is 5.07. The standard InChI is InChI=1S/C22H27N3O4S/c1-13-21(30-14(2)23-13)19(26)17-18(15-8-6-9-16(12-15)29-5)25(22(28)20(17)27)11-7-10-24(3)4/h6,8-9,12,18,27H,7,10-11H2,1-5H3/t18-/m0/s1. The second-order valence-electron chi connectivity index (χ2n) is 7.57. The van der Waals surface area contributed by atoms with Crippen LogP contribution >= 0.6 is 11.3 Å². The number of hydrogen-bond donors (Lipinski definition) is 1. The van der Waals surface area contributed by atoms with Crippen LogP contribution in [0.5, 0.6) is 5.75 Å². The van der Waals surface area contributed by atoms with E-state index in [-0.39, 0.29) is 11.4 Å². The Morgan fingerprint density at radius 3 is 2.67 bits per heavy atom. The molecule has 1 amide bonds. The Morgan fingerprint density at radius 2 is 2.07 bits per heavy atom. The monoisotopic (exact) mass is 429 g/mol. The molecule has 1 atom stereocenters. The number of aliphatic hydroxyl groups is 1. The molecule has 0 saturated carbocycles. The Morgan fingerprint density at radius 1 is 1.33 bits per heavy atom. The van der Waals surface area contributed by atoms with E-state index in [0.717, 1.165) is 17.1 Å². The molecule has 0 radical (unpaired) electrons. The number of carbonyl (C=O) groups is 2. The molecule has 1 aromatic carbocycles. The molecule has 2 aromatic rings. The van der Waals surface area contributed by atoms with Crippen molar-refractivity contribution in [2.75, 3.05) is 34.3 Å². The van der Waals surface area contributed by atoms with E-state index in [1.54, 1.807) is 31.1 Å². The minimum Gasteiger partial charge on any atom is -0.503 e. The second-order valence-corrected chi connectivity index (χ2v) is 8.78. The van der Waals surface area contributed by atoms with Gasteiger partial charge in [0.2, 0.25) is 5.78 Å². The van der Waals surface area contributed by atoms with Crippen LogP contribution < -0.4 is 4.74 Å². The molecule has 3 rings (SSSR count). The van der Waals surface area contributed by atoms with E-state index < -0.39 is 17.7 Å². The highest BCUT2D eigenvalue weighted by molar-refractivity contribution is 7.14. The minimum absolute atomic E-state index is 0.102. The summed E-state index contributed by atoms with van der Waals surface area (Å²) in [5, 5.41) is 11.5. The van der Waals surface area contributed by atoms with Crippen LogP contribution in [0.2, 0.25) is 0 Å². The van der Waals surface area contributed by atoms with E-state index in [1.807, 2.05) is 38.1 Å². The Bertz CT molecular complexity index is 996. The van der Waals surface area contributed by atoms with Crippen LogP contribution in [-0.4, -0.2) is 65.9 Å². The Hall–Kier alpha value is -2.71. The van der Waals surface area contributed by atoms with Crippen LogP contribution in [0.1, 0.15) is 38.4 Å². The van der Waals surface area contributed by atoms with Crippen LogP contribution in [0.3, 0.4) is 0 Å². The predicted octanol–water partition coefficient (Wildman–Crippen LogP) is 3.30. The second kappa shape index (κ2) is 8.97. The lowest BCUT2D eigenvalue weighted by molar-refractivity contribution is -0.129. The van der Waals surface area contributed by atoms with E-state index in [1.165, 1.54) is 11.3 Å². The lowest BCUT2D eigenvalue weighted by atomic mass is 9.95. The molecular formula is C22H27N3O4S. The number of aromatic nitrogens is 1. The molecular weight excluding hydrogens is 402 g/mol. The number of amides is 1. The van der Waals surface area contributed by atoms with E-state index in [9.17, 15) is 14.7 Å². The smallest absolute Gasteiger partial charge is 0.290 e. The van der Waals surface area contributed by atoms with Gasteiger partial charge in [-0.15, -0.1) is 11.3 Å². The summed E-state index contributed by atoms with van der Waals surface area (Å²) in [6.07, 6.45) is 0.715. The van der Waals surface area contributed by atoms with Crippen LogP contribution in [0.4, 0.5) is 0 Å². The van der Waals surface area contributed by atoms with Crippen molar-refractivity contribution < 1.29 is 19.4 Å². The van der Waals surface area contributed by atoms with Crippen molar-refractivity contribution in [3.05, 3.63) is 56.7 Å². The molecule has 0 spiro atoms. The SMILES string of the molecule is COc1cccc([C@H]2C(C(=O)c3sc(C)nc3C)=C(O)C(=O)N2CCCN(C)C)c1. The van der Waals surface area contributed by atoms with Gasteiger partial charge in [-0.05, 0) is 58.6 Å². The maximum atomic E-state index is 13.4. The summed E-state index contributed by atoms with van der Waals surface area (Å²) in [4.78, 5) is 34.8. The molecule has 1 aliphatic heterocycles. The summed E-state index contributed by atoms with van der Waals surface area (Å²) in [6.45, 7) is 4.79. The third-order valence-corrected chi connectivity index (χ3v) is 6.14. The largest absolute Gasteiger partial charge is 0.503 e. The van der Waals surface area contributed by atoms with Crippen LogP contribution in [0.25, 0.3) is 0 Å². The number of benzene rings is 1. The van der Waals surface area contributed by atoms with Crippen molar-refractivity contribution >= 4 is 23.0 Å². The number of aliphatic hydroxyl groups excluding tert-OH is 1. The number of hydrogen-bond acceptors (Lipinski definition) is 7. The predicted molar refractivity (Wildman–Crippen MR) is 116 cm³/mol. The van der Waals surface area contributed by atoms with Gasteiger partial charge in [-0.1, -0.05) is 12.1 Å². The van der Waals surface area contributed by atoms with Gasteiger partial charge in [0, 0.05) is 6.54 Å². The normalized spacial score (nSPS) is 16.7. The van der Waals surface area contributed by atoms with E-state index >= 15 is 0 Å². The van der Waals surface area contributed by atoms with Gasteiger partial charge in [-0.2, -0.15) is 0 Å². The molecule has 0 unspecified atom stereocenters. The molecule has 0 fully saturated rings. The lowest BCUT2D eigenvalue weighted by Crippen LogP contribution is -2.33. The average molecular weight is 430 g/mol. The first-order chi connectivity index (χ1) is 14.2. The molecule has 0 bridgehead atoms. The molecule has 1 aromatic heterocycles. The van der Waals surface area contributed by atoms with Gasteiger partial charge in [-0.25, -0.2) is 4.98 Å². The van der Waals surface area contributed by atoms with Crippen molar-refractivity contribution in [1.29, 1.82) is 0 Å². The average Bonchev–Trinajstić information content (AvgIpc) is 3.17. The van der Waals surface area contributed by atoms with Crippen molar-refractivity contribution in [2.24, 2.45) is 0 Å². The number of ketones is 1. The van der Waals surface area contributed by atoms with Gasteiger partial charge < -0.3 is 19.6 Å². The summed E-state index contributed by atoms with van der Waals surface area (Å²) in [6, 6.07) is 6.59. The first-order valence-electron chi connectivity index (χ1n) is 9.76. The van der Waals surface area contributed by atoms with E-state index in [0.29, 0.717) is 29.3 Å². The third kappa shape index (κ3) is 4.24. The van der Waals surface area contributed by atoms with Gasteiger partial charge in [0.05, 0.1) is 34.3 Å². The van der Waals surface area contributed by atoms with Gasteiger partial charge >= 0.3 is 0 Å². The molecule has 1 N–H and O–H groups in total. The fourth-order valence-corrected chi connectivity index (χ4v) is 4.57. The zero-order valence-corrected chi connectivity index (χ0v) is 18.7. The summed E-state index contributed by atoms with van der Waals surface area (Å²) >= 11 is 1.27. The number of ether oxygens (including phenoxy) is 1. The fourth-order valence-electron chi connectivity index (χ4n) is 3.70. The van der Waals surface area contributed by atoms with Crippen molar-refractivity contribution in [3.63, 3.8) is 0 Å². The molecule has 30 heavy (non-hydrogen) atoms. The number of Topliss-reactive ketones (excluding diaryl/α,β-unsaturated/α-hetero) is 1. The fraction of sp³-hybridized carbons (Fsp3) is 0.409. The molecule has 160 valence electrons. The van der Waals surface area contributed by atoms with Crippen molar-refractivity contribution in [3.8, 4) is 5.75 Å². The zero-order chi connectivity index (χ0) is 22.0. The highest BCUT2D eigenvalue weighted by atomic mass is 32.1. The number of methoxy groups -OCH3 is 1. The zero-order valence-electron chi connectivity index (χ0n) is 17.9. The van der Waals surface area contributed by atoms with E-state index in [4.69, 9.17) is 4.74 Å². The lowest BCUT2D eigenvalue weighted by Gasteiger charge is -2.27. The Kier molecular flexibility index (Phi) is 6.58. The quantitative estimate of drug-likeness (QED) is 0.649. The minimum atomic E-state index is -0.677. The molecule has 1 aliphatic rings. The highest BCUT2D eigenvalue weighted by Gasteiger charge is 2.44. The van der Waals surface area contributed by atoms with Gasteiger partial charge in [0.1, 0.15) is 5.75 Å². The summed E-state index contributed by atoms with van der Waals surface area (Å²) < 4.78 is 5.34. The van der Waals surface area contributed by atoms with E-state index in [2.05, 4.69) is 4.98 Å². The van der Waals surface area contributed by atoms with Crippen LogP contribution in [0, 0.1) is 13.8 Å². The number of aryl methyl sites for hydroxylation is 2. The number of nitrogens with zero attached hydrogens (tertiary/aromatic N) is 3. The molecule has 7 nitrogen and oxygen atoms in total. The van der Waals surface area contributed by atoms with Gasteiger partial charge in [0.25, 0.3) is 5.91 Å². The maximum Gasteiger partial charge on any atom is 0.290 e. The summed E-state index contributed by atoms with van der Waals surface area (Å²) in [5.74, 6) is -0.741. The first-order valence-corrected chi connectivity index (χ1v) is 10.6. The Labute approximate surface area is 180 Å². The molecule has 0 saturated heterocycles. The topological polar surface area (TPSA) is 83.0 Å². The number of carbonyl (C=O) groups excluding carboxylic acids is 2. The summed E-state index contributed by atoms with van der Waals surface area (Å²) in [5.41, 5.74) is 1.43. The molecule has 0 aliphatic carbocycles. The number of thiazole rings is 1. The van der Waals surface area contributed by atoms with Gasteiger partial charge in [-0.3, -0.25) is 9.59 Å². The van der Waals surface area contributed by atoms with Gasteiger partial charge in [0.15, 0.2) is 5.76 Å². The van der Waals surface area contributed by atoms with Crippen molar-refractivity contribution in [1.82, 2.24) is 14.8 Å². The number of rotatable bonds is 8. The molecule has 8 heteroatoms. The summed E-state index contributed by atoms with van der Waals surface area (Å²) in [7, 11) is 5.49. The first kappa shape index (κ1) is 22.0. The Balaban J connectivity index is 2.06. The maximum absolute atomic E-state index is 13.4. The highest BCUT2D eigenvalue weighted by Crippen LogP contribution is 2.40. The van der Waals surface area contributed by atoms with Crippen LogP contribution in [-0.2, 0) is 4.79 Å². The molecule has 2 heterocycles.